The number of alkyl carbamates (subject to hydrolysis) is 1. The van der Waals surface area contributed by atoms with Crippen LogP contribution in [-0.4, -0.2) is 59.5 Å². The van der Waals surface area contributed by atoms with Crippen molar-refractivity contribution in [1.82, 2.24) is 25.5 Å². The number of pyridine rings is 2. The fraction of sp³-hybridized carbons (Fsp3) is 0.440. The molecule has 1 amide bonds. The van der Waals surface area contributed by atoms with Gasteiger partial charge in [0.15, 0.2) is 0 Å². The number of carbonyl (C=O) groups excluding carboxylic acids is 1. The number of hydrogen-bond acceptors (Lipinski definition) is 11. The lowest BCUT2D eigenvalue weighted by molar-refractivity contribution is 0.0552. The van der Waals surface area contributed by atoms with Gasteiger partial charge in [0, 0.05) is 27.1 Å². The van der Waals surface area contributed by atoms with Gasteiger partial charge in [-0.1, -0.05) is 31.0 Å². The van der Waals surface area contributed by atoms with Gasteiger partial charge in [-0.15, -0.1) is 10.2 Å². The molecule has 0 atom stereocenters. The highest BCUT2D eigenvalue weighted by Gasteiger charge is 2.18. The molecular formula is C25H36N8O3SSi. The summed E-state index contributed by atoms with van der Waals surface area (Å²) in [6, 6.07) is 6.66. The number of aromatic nitrogens is 4. The van der Waals surface area contributed by atoms with Gasteiger partial charge >= 0.3 is 6.09 Å². The predicted molar refractivity (Wildman–Crippen MR) is 155 cm³/mol. The Morgan fingerprint density at radius 1 is 1.21 bits per heavy atom. The summed E-state index contributed by atoms with van der Waals surface area (Å²) in [6.07, 6.45) is 3.48. The van der Waals surface area contributed by atoms with Crippen LogP contribution in [0.2, 0.25) is 25.7 Å². The third kappa shape index (κ3) is 9.15. The van der Waals surface area contributed by atoms with Crippen LogP contribution in [0.5, 0.6) is 0 Å². The number of nitrogens with one attached hydrogen (secondary N) is 3. The van der Waals surface area contributed by atoms with Crippen molar-refractivity contribution in [2.45, 2.75) is 59.0 Å². The van der Waals surface area contributed by atoms with Crippen LogP contribution in [0, 0.1) is 12.3 Å². The summed E-state index contributed by atoms with van der Waals surface area (Å²) >= 11 is 1.47. The second-order valence-corrected chi connectivity index (χ2v) is 17.6. The number of amides is 1. The summed E-state index contributed by atoms with van der Waals surface area (Å²) in [6.45, 7) is 15.2. The van der Waals surface area contributed by atoms with Crippen molar-refractivity contribution in [3.8, 4) is 0 Å². The van der Waals surface area contributed by atoms with Gasteiger partial charge in [-0.05, 0) is 51.9 Å². The van der Waals surface area contributed by atoms with E-state index in [0.717, 1.165) is 17.3 Å². The zero-order valence-electron chi connectivity index (χ0n) is 23.0. The molecule has 0 fully saturated rings. The number of anilines is 3. The number of hydrogen-bond donors (Lipinski definition) is 3. The Morgan fingerprint density at radius 3 is 2.61 bits per heavy atom. The van der Waals surface area contributed by atoms with Gasteiger partial charge in [0.25, 0.3) is 0 Å². The molecule has 0 aliphatic carbocycles. The van der Waals surface area contributed by atoms with Crippen molar-refractivity contribution in [3.63, 3.8) is 0 Å². The lowest BCUT2D eigenvalue weighted by Crippen LogP contribution is -2.30. The number of carbonyl (C=O) groups is 1. The smallest absolute Gasteiger partial charge is 0.411 e. The van der Waals surface area contributed by atoms with Gasteiger partial charge in [0.2, 0.25) is 5.13 Å². The van der Waals surface area contributed by atoms with E-state index < -0.39 is 19.8 Å². The fourth-order valence-electron chi connectivity index (χ4n) is 3.09. The minimum absolute atomic E-state index is 0.306. The molecule has 3 aromatic rings. The minimum atomic E-state index is -1.22. The van der Waals surface area contributed by atoms with Gasteiger partial charge in [-0.25, -0.2) is 9.78 Å². The normalized spacial score (nSPS) is 12.3. The van der Waals surface area contributed by atoms with Crippen molar-refractivity contribution in [1.29, 1.82) is 5.41 Å². The van der Waals surface area contributed by atoms with Crippen LogP contribution in [0.15, 0.2) is 36.3 Å². The van der Waals surface area contributed by atoms with Crippen LogP contribution in [0.25, 0.3) is 11.0 Å². The maximum absolute atomic E-state index is 11.9. The molecule has 0 saturated heterocycles. The molecular weight excluding hydrogens is 520 g/mol. The number of ether oxygens (including phenoxy) is 2. The molecule has 11 nitrogen and oxygen atoms in total. The number of rotatable bonds is 11. The summed E-state index contributed by atoms with van der Waals surface area (Å²) in [5.74, 6) is 0.662. The first-order valence-electron chi connectivity index (χ1n) is 12.2. The first-order valence-corrected chi connectivity index (χ1v) is 16.7. The summed E-state index contributed by atoms with van der Waals surface area (Å²) in [5, 5.41) is 23.3. The van der Waals surface area contributed by atoms with Crippen LogP contribution in [-0.2, 0) is 9.47 Å². The average molecular weight is 557 g/mol. The molecule has 0 radical (unpaired) electrons. The quantitative estimate of drug-likeness (QED) is 0.118. The second kappa shape index (κ2) is 12.4. The van der Waals surface area contributed by atoms with Crippen molar-refractivity contribution < 1.29 is 14.3 Å². The van der Waals surface area contributed by atoms with E-state index in [-0.39, 0.29) is 0 Å². The Balaban J connectivity index is 1.80. The van der Waals surface area contributed by atoms with Crippen molar-refractivity contribution in [2.24, 2.45) is 0 Å². The summed E-state index contributed by atoms with van der Waals surface area (Å²) in [5.41, 5.74) is 1.68. The Bertz CT molecular complexity index is 1300. The molecule has 13 heteroatoms. The van der Waals surface area contributed by atoms with E-state index >= 15 is 0 Å². The zero-order chi connectivity index (χ0) is 27.9. The molecule has 0 unspecified atom stereocenters. The van der Waals surface area contributed by atoms with E-state index in [1.165, 1.54) is 17.5 Å². The van der Waals surface area contributed by atoms with Crippen LogP contribution < -0.4 is 15.5 Å². The highest BCUT2D eigenvalue weighted by Crippen LogP contribution is 2.28. The lowest BCUT2D eigenvalue weighted by Gasteiger charge is -2.22. The SMILES string of the molecule is Cc1nnc(N(COCC[Si](C)(C)C)c2ccc3ncc(N/C(C=N)=C/NC(=O)OC(C)(C)C)cc3n2)s1. The molecule has 0 aliphatic heterocycles. The Labute approximate surface area is 228 Å². The monoisotopic (exact) mass is 556 g/mol. The molecule has 0 saturated carbocycles. The highest BCUT2D eigenvalue weighted by molar-refractivity contribution is 7.15. The number of aryl methyl sites for hydroxylation is 1. The van der Waals surface area contributed by atoms with Crippen molar-refractivity contribution >= 4 is 59.4 Å². The third-order valence-electron chi connectivity index (χ3n) is 4.95. The predicted octanol–water partition coefficient (Wildman–Crippen LogP) is 5.67. The van der Waals surface area contributed by atoms with E-state index in [2.05, 4.69) is 45.5 Å². The minimum Gasteiger partial charge on any atom is -0.444 e. The third-order valence-corrected chi connectivity index (χ3v) is 7.52. The molecule has 0 bridgehead atoms. The molecule has 38 heavy (non-hydrogen) atoms. The van der Waals surface area contributed by atoms with E-state index in [1.807, 2.05) is 30.0 Å². The highest BCUT2D eigenvalue weighted by atomic mass is 32.1. The van der Waals surface area contributed by atoms with Crippen LogP contribution in [0.4, 0.5) is 21.4 Å². The lowest BCUT2D eigenvalue weighted by atomic mass is 10.2. The zero-order valence-corrected chi connectivity index (χ0v) is 24.8. The van der Waals surface area contributed by atoms with Crippen LogP contribution >= 0.6 is 11.3 Å². The summed E-state index contributed by atoms with van der Waals surface area (Å²) in [4.78, 5) is 23.2. The summed E-state index contributed by atoms with van der Waals surface area (Å²) < 4.78 is 11.2. The molecule has 3 heterocycles. The van der Waals surface area contributed by atoms with Gasteiger partial charge in [0.1, 0.15) is 23.2 Å². The average Bonchev–Trinajstić information content (AvgIpc) is 3.25. The first-order chi connectivity index (χ1) is 17.8. The topological polar surface area (TPSA) is 138 Å². The van der Waals surface area contributed by atoms with Crippen LogP contribution in [0.3, 0.4) is 0 Å². The number of allylic oxidation sites excluding steroid dienone is 1. The Kier molecular flexibility index (Phi) is 9.52. The first kappa shape index (κ1) is 29.1. The van der Waals surface area contributed by atoms with Crippen LogP contribution in [0.1, 0.15) is 25.8 Å². The Hall–Kier alpha value is -3.42. The van der Waals surface area contributed by atoms with Gasteiger partial charge in [-0.3, -0.25) is 15.2 Å². The molecule has 0 spiro atoms. The fourth-order valence-corrected chi connectivity index (χ4v) is 4.53. The van der Waals surface area contributed by atoms with E-state index in [4.69, 9.17) is 19.9 Å². The summed E-state index contributed by atoms with van der Waals surface area (Å²) in [7, 11) is -1.22. The van der Waals surface area contributed by atoms with Gasteiger partial charge < -0.3 is 20.2 Å². The standard InChI is InChI=1S/C25H36N8O3SSi/c1-17-31-32-23(37-17)33(16-35-10-11-38(5,6)7)22-9-8-20-21(30-22)12-18(14-27-20)29-19(13-26)15-28-24(34)36-25(2,3)4/h8-9,12-15,26,29H,10-11,16H2,1-7H3,(H,28,34)/b19-15+,26-13?. The van der Waals surface area contributed by atoms with E-state index in [1.54, 1.807) is 27.0 Å². The van der Waals surface area contributed by atoms with E-state index in [9.17, 15) is 4.79 Å². The Morgan fingerprint density at radius 2 is 1.97 bits per heavy atom. The second-order valence-electron chi connectivity index (χ2n) is 10.8. The molecule has 3 rings (SSSR count). The molecule has 0 aromatic carbocycles. The number of fused-ring (bicyclic) bond motifs is 1. The maximum atomic E-state index is 11.9. The molecule has 3 N–H and O–H groups in total. The van der Waals surface area contributed by atoms with Gasteiger partial charge in [-0.2, -0.15) is 0 Å². The largest absolute Gasteiger partial charge is 0.444 e. The molecule has 3 aromatic heterocycles. The van der Waals surface area contributed by atoms with E-state index in [0.29, 0.717) is 46.7 Å². The maximum Gasteiger partial charge on any atom is 0.411 e. The van der Waals surface area contributed by atoms with Crippen molar-refractivity contribution in [2.75, 3.05) is 23.6 Å². The molecule has 204 valence electrons. The van der Waals surface area contributed by atoms with Crippen molar-refractivity contribution in [3.05, 3.63) is 41.3 Å². The van der Waals surface area contributed by atoms with Gasteiger partial charge in [0.05, 0.1) is 28.6 Å². The molecule has 0 aliphatic rings. The number of nitrogens with zero attached hydrogens (tertiary/aromatic N) is 5.